The van der Waals surface area contributed by atoms with E-state index in [1.165, 1.54) is 24.3 Å². The largest absolute Gasteiger partial charge is 0.434 e. The number of benzene rings is 2. The van der Waals surface area contributed by atoms with Gasteiger partial charge in [-0.1, -0.05) is 23.8 Å². The zero-order chi connectivity index (χ0) is 22.9. The van der Waals surface area contributed by atoms with Crippen LogP contribution in [0.3, 0.4) is 0 Å². The third-order valence-electron chi connectivity index (χ3n) is 5.32. The second kappa shape index (κ2) is 8.49. The van der Waals surface area contributed by atoms with Gasteiger partial charge in [-0.15, -0.1) is 0 Å². The van der Waals surface area contributed by atoms with E-state index in [0.717, 1.165) is 24.6 Å². The van der Waals surface area contributed by atoms with Crippen LogP contribution in [0.25, 0.3) is 5.69 Å². The third kappa shape index (κ3) is 4.37. The molecule has 0 aliphatic carbocycles. The van der Waals surface area contributed by atoms with Crippen LogP contribution in [-0.2, 0) is 6.18 Å². The van der Waals surface area contributed by atoms with Gasteiger partial charge in [-0.2, -0.15) is 18.3 Å². The van der Waals surface area contributed by atoms with Gasteiger partial charge < -0.3 is 10.2 Å². The minimum Gasteiger partial charge on any atom is -0.339 e. The Morgan fingerprint density at radius 1 is 1.03 bits per heavy atom. The van der Waals surface area contributed by atoms with Gasteiger partial charge in [0, 0.05) is 24.3 Å². The number of halogens is 3. The Kier molecular flexibility index (Phi) is 5.73. The molecule has 1 saturated heterocycles. The molecule has 9 heteroatoms. The molecule has 1 fully saturated rings. The van der Waals surface area contributed by atoms with Crippen molar-refractivity contribution >= 4 is 17.5 Å². The van der Waals surface area contributed by atoms with Crippen molar-refractivity contribution in [1.29, 1.82) is 0 Å². The molecular weight excluding hydrogens is 421 g/mol. The molecule has 3 aromatic rings. The van der Waals surface area contributed by atoms with Gasteiger partial charge in [0.25, 0.3) is 11.8 Å². The predicted octanol–water partition coefficient (Wildman–Crippen LogP) is 4.69. The van der Waals surface area contributed by atoms with Crippen LogP contribution in [0.2, 0.25) is 0 Å². The lowest BCUT2D eigenvalue weighted by atomic mass is 10.1. The maximum absolute atomic E-state index is 13.9. The Morgan fingerprint density at radius 3 is 2.38 bits per heavy atom. The van der Waals surface area contributed by atoms with Crippen LogP contribution in [0.5, 0.6) is 0 Å². The standard InChI is InChI=1S/C23H21F3N4O2/c1-15-7-9-18(10-8-15)30-20(23(24,25)26)19(14-27-30)21(31)28-17-6-4-5-16(13-17)22(32)29-11-2-3-12-29/h4-10,13-14H,2-3,11-12H2,1H3,(H,28,31). The molecule has 2 aromatic carbocycles. The molecule has 0 radical (unpaired) electrons. The lowest BCUT2D eigenvalue weighted by Gasteiger charge is -2.16. The smallest absolute Gasteiger partial charge is 0.339 e. The Balaban J connectivity index is 1.62. The van der Waals surface area contributed by atoms with E-state index in [0.29, 0.717) is 23.3 Å². The summed E-state index contributed by atoms with van der Waals surface area (Å²) in [5.41, 5.74) is -0.0826. The molecule has 2 amide bonds. The number of rotatable bonds is 4. The second-order valence-electron chi connectivity index (χ2n) is 7.69. The fraction of sp³-hybridized carbons (Fsp3) is 0.261. The fourth-order valence-electron chi connectivity index (χ4n) is 3.70. The number of aromatic nitrogens is 2. The Bertz CT molecular complexity index is 1150. The molecule has 1 aromatic heterocycles. The number of hydrogen-bond donors (Lipinski definition) is 1. The zero-order valence-electron chi connectivity index (χ0n) is 17.3. The summed E-state index contributed by atoms with van der Waals surface area (Å²) in [4.78, 5) is 27.1. The highest BCUT2D eigenvalue weighted by Crippen LogP contribution is 2.34. The number of carbonyl (C=O) groups excluding carboxylic acids is 2. The normalized spacial score (nSPS) is 13.9. The average Bonchev–Trinajstić information content (AvgIpc) is 3.44. The molecule has 2 heterocycles. The number of anilines is 1. The topological polar surface area (TPSA) is 67.2 Å². The van der Waals surface area contributed by atoms with Crippen molar-refractivity contribution in [3.63, 3.8) is 0 Å². The number of amides is 2. The number of hydrogen-bond acceptors (Lipinski definition) is 3. The van der Waals surface area contributed by atoms with Gasteiger partial charge in [0.1, 0.15) is 0 Å². The predicted molar refractivity (Wildman–Crippen MR) is 113 cm³/mol. The summed E-state index contributed by atoms with van der Waals surface area (Å²) in [6.07, 6.45) is -2.03. The van der Waals surface area contributed by atoms with E-state index in [1.54, 1.807) is 29.2 Å². The van der Waals surface area contributed by atoms with Crippen LogP contribution >= 0.6 is 0 Å². The molecule has 0 unspecified atom stereocenters. The second-order valence-corrected chi connectivity index (χ2v) is 7.69. The number of nitrogens with zero attached hydrogens (tertiary/aromatic N) is 3. The maximum Gasteiger partial charge on any atom is 0.434 e. The summed E-state index contributed by atoms with van der Waals surface area (Å²) in [5.74, 6) is -1.12. The zero-order valence-corrected chi connectivity index (χ0v) is 17.3. The quantitative estimate of drug-likeness (QED) is 0.638. The van der Waals surface area contributed by atoms with E-state index in [4.69, 9.17) is 0 Å². The molecule has 32 heavy (non-hydrogen) atoms. The molecule has 4 rings (SSSR count). The monoisotopic (exact) mass is 442 g/mol. The molecule has 1 aliphatic heterocycles. The summed E-state index contributed by atoms with van der Waals surface area (Å²) >= 11 is 0. The highest BCUT2D eigenvalue weighted by atomic mass is 19.4. The van der Waals surface area contributed by atoms with Gasteiger partial charge in [-0.25, -0.2) is 4.68 Å². The van der Waals surface area contributed by atoms with E-state index >= 15 is 0 Å². The first-order chi connectivity index (χ1) is 15.2. The number of likely N-dealkylation sites (tertiary alicyclic amines) is 1. The van der Waals surface area contributed by atoms with Gasteiger partial charge in [0.15, 0.2) is 5.69 Å². The van der Waals surface area contributed by atoms with Gasteiger partial charge in [0.05, 0.1) is 17.4 Å². The highest BCUT2D eigenvalue weighted by molar-refractivity contribution is 6.06. The molecule has 6 nitrogen and oxygen atoms in total. The van der Waals surface area contributed by atoms with Crippen LogP contribution in [0, 0.1) is 6.92 Å². The lowest BCUT2D eigenvalue weighted by molar-refractivity contribution is -0.143. The fourth-order valence-corrected chi connectivity index (χ4v) is 3.70. The first-order valence-electron chi connectivity index (χ1n) is 10.2. The van der Waals surface area contributed by atoms with E-state index in [1.807, 2.05) is 6.92 Å². The Labute approximate surface area is 182 Å². The van der Waals surface area contributed by atoms with Crippen LogP contribution in [0.1, 0.15) is 44.8 Å². The summed E-state index contributed by atoms with van der Waals surface area (Å²) in [6.45, 7) is 3.16. The minimum atomic E-state index is -4.80. The molecule has 0 saturated carbocycles. The SMILES string of the molecule is Cc1ccc(-n2ncc(C(=O)Nc3cccc(C(=O)N4CCCC4)c3)c2C(F)(F)F)cc1. The van der Waals surface area contributed by atoms with Crippen molar-refractivity contribution in [2.24, 2.45) is 0 Å². The summed E-state index contributed by atoms with van der Waals surface area (Å²) in [6, 6.07) is 12.5. The van der Waals surface area contributed by atoms with Crippen LogP contribution in [0.4, 0.5) is 18.9 Å². The van der Waals surface area contributed by atoms with Gasteiger partial charge in [-0.3, -0.25) is 9.59 Å². The molecule has 0 spiro atoms. The summed E-state index contributed by atoms with van der Waals surface area (Å²) in [5, 5.41) is 6.29. The number of nitrogens with one attached hydrogen (secondary N) is 1. The first kappa shape index (κ1) is 21.6. The Hall–Kier alpha value is -3.62. The van der Waals surface area contributed by atoms with Gasteiger partial charge >= 0.3 is 6.18 Å². The Morgan fingerprint density at radius 2 is 1.72 bits per heavy atom. The lowest BCUT2D eigenvalue weighted by Crippen LogP contribution is -2.27. The number of carbonyl (C=O) groups is 2. The van der Waals surface area contributed by atoms with E-state index in [-0.39, 0.29) is 17.3 Å². The van der Waals surface area contributed by atoms with Crippen molar-refractivity contribution < 1.29 is 22.8 Å². The molecule has 0 atom stereocenters. The summed E-state index contributed by atoms with van der Waals surface area (Å²) < 4.78 is 42.3. The minimum absolute atomic E-state index is 0.165. The van der Waals surface area contributed by atoms with Crippen molar-refractivity contribution in [3.8, 4) is 5.69 Å². The van der Waals surface area contributed by atoms with Crippen LogP contribution in [0.15, 0.2) is 54.7 Å². The van der Waals surface area contributed by atoms with E-state index in [2.05, 4.69) is 10.4 Å². The van der Waals surface area contributed by atoms with Crippen molar-refractivity contribution in [2.75, 3.05) is 18.4 Å². The molecule has 1 aliphatic rings. The number of aryl methyl sites for hydroxylation is 1. The number of alkyl halides is 3. The molecule has 166 valence electrons. The summed E-state index contributed by atoms with van der Waals surface area (Å²) in [7, 11) is 0. The van der Waals surface area contributed by atoms with E-state index in [9.17, 15) is 22.8 Å². The van der Waals surface area contributed by atoms with Crippen molar-refractivity contribution in [3.05, 3.63) is 77.1 Å². The van der Waals surface area contributed by atoms with Crippen molar-refractivity contribution in [1.82, 2.24) is 14.7 Å². The molecule has 0 bridgehead atoms. The maximum atomic E-state index is 13.9. The van der Waals surface area contributed by atoms with Gasteiger partial charge in [-0.05, 0) is 50.1 Å². The highest BCUT2D eigenvalue weighted by Gasteiger charge is 2.40. The third-order valence-corrected chi connectivity index (χ3v) is 5.32. The van der Waals surface area contributed by atoms with Crippen LogP contribution in [-0.4, -0.2) is 39.6 Å². The van der Waals surface area contributed by atoms with Crippen LogP contribution < -0.4 is 5.32 Å². The van der Waals surface area contributed by atoms with Crippen molar-refractivity contribution in [2.45, 2.75) is 25.9 Å². The first-order valence-corrected chi connectivity index (χ1v) is 10.2. The van der Waals surface area contributed by atoms with Gasteiger partial charge in [0.2, 0.25) is 0 Å². The molecular formula is C23H21F3N4O2. The molecule has 1 N–H and O–H groups in total. The van der Waals surface area contributed by atoms with E-state index < -0.39 is 23.3 Å². The average molecular weight is 442 g/mol.